The van der Waals surface area contributed by atoms with Gasteiger partial charge in [-0.15, -0.1) is 0 Å². The standard InChI is InChI=1S/C14H19FN2S/c1-9(2)14(3,4)8-16-13-17-11-6-5-10(15)7-12(11)18-13/h5-7,9H,8H2,1-4H3,(H,16,17). The van der Waals surface area contributed by atoms with Crippen LogP contribution >= 0.6 is 11.3 Å². The van der Waals surface area contributed by atoms with Crippen molar-refractivity contribution in [1.29, 1.82) is 0 Å². The van der Waals surface area contributed by atoms with Gasteiger partial charge in [0, 0.05) is 6.54 Å². The van der Waals surface area contributed by atoms with Crippen LogP contribution in [-0.4, -0.2) is 11.5 Å². The van der Waals surface area contributed by atoms with E-state index in [2.05, 4.69) is 38.0 Å². The fraction of sp³-hybridized carbons (Fsp3) is 0.500. The normalized spacial score (nSPS) is 12.3. The molecule has 1 heterocycles. The van der Waals surface area contributed by atoms with Crippen molar-refractivity contribution in [3.63, 3.8) is 0 Å². The van der Waals surface area contributed by atoms with Crippen LogP contribution in [0.1, 0.15) is 27.7 Å². The Morgan fingerprint density at radius 1 is 1.39 bits per heavy atom. The van der Waals surface area contributed by atoms with E-state index in [1.54, 1.807) is 6.07 Å². The Bertz CT molecular complexity index is 546. The fourth-order valence-electron chi connectivity index (χ4n) is 1.48. The van der Waals surface area contributed by atoms with Gasteiger partial charge in [0.05, 0.1) is 10.2 Å². The Hall–Kier alpha value is -1.16. The lowest BCUT2D eigenvalue weighted by Gasteiger charge is -2.29. The van der Waals surface area contributed by atoms with Gasteiger partial charge in [-0.05, 0) is 29.5 Å². The number of nitrogens with zero attached hydrogens (tertiary/aromatic N) is 1. The number of halogens is 1. The Morgan fingerprint density at radius 2 is 2.11 bits per heavy atom. The lowest BCUT2D eigenvalue weighted by molar-refractivity contribution is 0.269. The molecule has 2 rings (SSSR count). The summed E-state index contributed by atoms with van der Waals surface area (Å²) in [6.07, 6.45) is 0. The molecule has 0 unspecified atom stereocenters. The molecular weight excluding hydrogens is 247 g/mol. The van der Waals surface area contributed by atoms with Gasteiger partial charge in [-0.3, -0.25) is 0 Å². The molecule has 1 aromatic heterocycles. The predicted octanol–water partition coefficient (Wildman–Crippen LogP) is 4.53. The summed E-state index contributed by atoms with van der Waals surface area (Å²) in [5.41, 5.74) is 1.06. The number of thiazole rings is 1. The number of rotatable bonds is 4. The topological polar surface area (TPSA) is 24.9 Å². The maximum Gasteiger partial charge on any atom is 0.183 e. The van der Waals surface area contributed by atoms with Crippen LogP contribution < -0.4 is 5.32 Å². The van der Waals surface area contributed by atoms with Gasteiger partial charge in [-0.1, -0.05) is 39.0 Å². The van der Waals surface area contributed by atoms with Gasteiger partial charge in [0.1, 0.15) is 5.82 Å². The van der Waals surface area contributed by atoms with Crippen molar-refractivity contribution >= 4 is 26.7 Å². The minimum absolute atomic E-state index is 0.208. The van der Waals surface area contributed by atoms with E-state index in [4.69, 9.17) is 0 Å². The molecule has 2 nitrogen and oxygen atoms in total. The molecule has 0 aliphatic carbocycles. The van der Waals surface area contributed by atoms with Crippen molar-refractivity contribution in [2.45, 2.75) is 27.7 Å². The SMILES string of the molecule is CC(C)C(C)(C)CNc1nc2ccc(F)cc2s1. The third-order valence-corrected chi connectivity index (χ3v) is 4.58. The molecule has 98 valence electrons. The molecule has 0 aliphatic heterocycles. The smallest absolute Gasteiger partial charge is 0.183 e. The molecule has 0 radical (unpaired) electrons. The summed E-state index contributed by atoms with van der Waals surface area (Å²) in [7, 11) is 0. The van der Waals surface area contributed by atoms with E-state index in [1.807, 2.05) is 0 Å². The molecule has 0 spiro atoms. The van der Waals surface area contributed by atoms with E-state index in [0.29, 0.717) is 5.92 Å². The highest BCUT2D eigenvalue weighted by molar-refractivity contribution is 7.22. The molecule has 0 aliphatic rings. The van der Waals surface area contributed by atoms with E-state index >= 15 is 0 Å². The van der Waals surface area contributed by atoms with Gasteiger partial charge in [0.2, 0.25) is 0 Å². The summed E-state index contributed by atoms with van der Waals surface area (Å²) in [5, 5.41) is 4.23. The van der Waals surface area contributed by atoms with Gasteiger partial charge in [-0.25, -0.2) is 9.37 Å². The molecule has 0 amide bonds. The second kappa shape index (κ2) is 4.84. The fourth-order valence-corrected chi connectivity index (χ4v) is 2.37. The average molecular weight is 266 g/mol. The van der Waals surface area contributed by atoms with Crippen LogP contribution in [0.3, 0.4) is 0 Å². The first-order valence-corrected chi connectivity index (χ1v) is 7.00. The minimum Gasteiger partial charge on any atom is -0.361 e. The number of nitrogens with one attached hydrogen (secondary N) is 1. The van der Waals surface area contributed by atoms with Gasteiger partial charge in [0.25, 0.3) is 0 Å². The highest BCUT2D eigenvalue weighted by atomic mass is 32.1. The molecular formula is C14H19FN2S. The van der Waals surface area contributed by atoms with Gasteiger partial charge in [-0.2, -0.15) is 0 Å². The van der Waals surface area contributed by atoms with Crippen LogP contribution in [-0.2, 0) is 0 Å². The van der Waals surface area contributed by atoms with Crippen LogP contribution in [0.2, 0.25) is 0 Å². The van der Waals surface area contributed by atoms with Crippen LogP contribution in [0.15, 0.2) is 18.2 Å². The molecule has 18 heavy (non-hydrogen) atoms. The third-order valence-electron chi connectivity index (χ3n) is 3.61. The molecule has 1 N–H and O–H groups in total. The number of anilines is 1. The first kappa shape index (κ1) is 13.3. The molecule has 0 bridgehead atoms. The van der Waals surface area contributed by atoms with Crippen molar-refractivity contribution in [1.82, 2.24) is 4.98 Å². The maximum atomic E-state index is 13.1. The molecule has 0 atom stereocenters. The van der Waals surface area contributed by atoms with Crippen molar-refractivity contribution in [3.8, 4) is 0 Å². The van der Waals surface area contributed by atoms with Gasteiger partial charge >= 0.3 is 0 Å². The van der Waals surface area contributed by atoms with Crippen molar-refractivity contribution in [3.05, 3.63) is 24.0 Å². The van der Waals surface area contributed by atoms with Crippen LogP contribution in [0.4, 0.5) is 9.52 Å². The molecule has 2 aromatic rings. The molecule has 1 aromatic carbocycles. The lowest BCUT2D eigenvalue weighted by atomic mass is 9.81. The zero-order valence-corrected chi connectivity index (χ0v) is 12.1. The van der Waals surface area contributed by atoms with Crippen molar-refractivity contribution in [2.24, 2.45) is 11.3 Å². The second-order valence-corrected chi connectivity index (χ2v) is 6.66. The summed E-state index contributed by atoms with van der Waals surface area (Å²) in [5.74, 6) is 0.386. The number of hydrogen-bond acceptors (Lipinski definition) is 3. The first-order chi connectivity index (χ1) is 8.38. The summed E-state index contributed by atoms with van der Waals surface area (Å²) in [6, 6.07) is 4.70. The summed E-state index contributed by atoms with van der Waals surface area (Å²) in [6.45, 7) is 9.77. The summed E-state index contributed by atoms with van der Waals surface area (Å²) >= 11 is 1.50. The van der Waals surface area contributed by atoms with Crippen LogP contribution in [0, 0.1) is 17.2 Å². The third kappa shape index (κ3) is 2.80. The number of benzene rings is 1. The molecule has 0 saturated heterocycles. The van der Waals surface area contributed by atoms with Crippen molar-refractivity contribution in [2.75, 3.05) is 11.9 Å². The largest absolute Gasteiger partial charge is 0.361 e. The summed E-state index contributed by atoms with van der Waals surface area (Å²) in [4.78, 5) is 4.46. The van der Waals surface area contributed by atoms with Crippen LogP contribution in [0.25, 0.3) is 10.2 Å². The highest BCUT2D eigenvalue weighted by Crippen LogP contribution is 2.30. The van der Waals surface area contributed by atoms with Crippen LogP contribution in [0.5, 0.6) is 0 Å². The molecule has 4 heteroatoms. The van der Waals surface area contributed by atoms with E-state index in [9.17, 15) is 4.39 Å². The molecule has 0 fully saturated rings. The maximum absolute atomic E-state index is 13.1. The zero-order valence-electron chi connectivity index (χ0n) is 11.2. The van der Waals surface area contributed by atoms with E-state index in [0.717, 1.165) is 21.9 Å². The monoisotopic (exact) mass is 266 g/mol. The number of hydrogen-bond donors (Lipinski definition) is 1. The Morgan fingerprint density at radius 3 is 2.78 bits per heavy atom. The van der Waals surface area contributed by atoms with E-state index in [-0.39, 0.29) is 11.2 Å². The Labute approximate surface area is 111 Å². The van der Waals surface area contributed by atoms with E-state index < -0.39 is 0 Å². The summed E-state index contributed by atoms with van der Waals surface area (Å²) < 4.78 is 14.0. The van der Waals surface area contributed by atoms with E-state index in [1.165, 1.54) is 23.5 Å². The van der Waals surface area contributed by atoms with Gasteiger partial charge < -0.3 is 5.32 Å². The zero-order chi connectivity index (χ0) is 13.3. The predicted molar refractivity (Wildman–Crippen MR) is 76.7 cm³/mol. The number of fused-ring (bicyclic) bond motifs is 1. The lowest BCUT2D eigenvalue weighted by Crippen LogP contribution is -2.28. The second-order valence-electron chi connectivity index (χ2n) is 5.63. The van der Waals surface area contributed by atoms with Gasteiger partial charge in [0.15, 0.2) is 5.13 Å². The molecule has 0 saturated carbocycles. The highest BCUT2D eigenvalue weighted by Gasteiger charge is 2.22. The Kier molecular flexibility index (Phi) is 3.57. The Balaban J connectivity index is 2.13. The minimum atomic E-state index is -0.208. The quantitative estimate of drug-likeness (QED) is 0.879. The first-order valence-electron chi connectivity index (χ1n) is 6.18. The average Bonchev–Trinajstić information content (AvgIpc) is 2.68. The van der Waals surface area contributed by atoms with Crippen molar-refractivity contribution < 1.29 is 4.39 Å². The number of aromatic nitrogens is 1.